The predicted molar refractivity (Wildman–Crippen MR) is 84.6 cm³/mol. The summed E-state index contributed by atoms with van der Waals surface area (Å²) >= 11 is 0. The van der Waals surface area contributed by atoms with Gasteiger partial charge in [0.1, 0.15) is 5.75 Å². The zero-order chi connectivity index (χ0) is 15.2. The molecule has 1 aliphatic heterocycles. The van der Waals surface area contributed by atoms with E-state index in [0.29, 0.717) is 23.6 Å². The van der Waals surface area contributed by atoms with Crippen LogP contribution in [0.15, 0.2) is 18.2 Å². The lowest BCUT2D eigenvalue weighted by Crippen LogP contribution is -2.44. The van der Waals surface area contributed by atoms with E-state index in [1.165, 1.54) is 0 Å². The first-order valence-electron chi connectivity index (χ1n) is 7.69. The van der Waals surface area contributed by atoms with Crippen molar-refractivity contribution in [2.24, 2.45) is 0 Å². The Kier molecular flexibility index (Phi) is 5.44. The predicted octanol–water partition coefficient (Wildman–Crippen LogP) is 1.88. The molecule has 0 atom stereocenters. The minimum atomic E-state index is -0.0558. The number of hydrogen-bond acceptors (Lipinski definition) is 4. The van der Waals surface area contributed by atoms with Crippen molar-refractivity contribution < 1.29 is 9.53 Å². The molecule has 116 valence electrons. The van der Waals surface area contributed by atoms with Crippen molar-refractivity contribution >= 4 is 11.6 Å². The first-order valence-corrected chi connectivity index (χ1v) is 7.69. The van der Waals surface area contributed by atoms with Crippen molar-refractivity contribution in [1.82, 2.24) is 10.2 Å². The van der Waals surface area contributed by atoms with Crippen LogP contribution >= 0.6 is 0 Å². The molecular weight excluding hydrogens is 266 g/mol. The van der Waals surface area contributed by atoms with Crippen LogP contribution in [-0.2, 0) is 0 Å². The quantitative estimate of drug-likeness (QED) is 0.813. The number of nitrogens with two attached hydrogens (primary N) is 1. The van der Waals surface area contributed by atoms with Crippen molar-refractivity contribution in [2.45, 2.75) is 32.7 Å². The normalized spacial score (nSPS) is 16.7. The van der Waals surface area contributed by atoms with Crippen LogP contribution in [0.25, 0.3) is 0 Å². The van der Waals surface area contributed by atoms with Crippen LogP contribution < -0.4 is 15.8 Å². The Morgan fingerprint density at radius 1 is 1.38 bits per heavy atom. The number of nitrogens with one attached hydrogen (secondary N) is 1. The van der Waals surface area contributed by atoms with Gasteiger partial charge in [-0.25, -0.2) is 0 Å². The second kappa shape index (κ2) is 7.31. The summed E-state index contributed by atoms with van der Waals surface area (Å²) in [4.78, 5) is 14.7. The van der Waals surface area contributed by atoms with Crippen molar-refractivity contribution in [3.05, 3.63) is 23.8 Å². The van der Waals surface area contributed by atoms with Gasteiger partial charge in [0.2, 0.25) is 0 Å². The van der Waals surface area contributed by atoms with Crippen molar-refractivity contribution in [3.8, 4) is 5.75 Å². The minimum Gasteiger partial charge on any atom is -0.492 e. The third kappa shape index (κ3) is 4.11. The van der Waals surface area contributed by atoms with Crippen LogP contribution in [0.2, 0.25) is 0 Å². The molecule has 0 bridgehead atoms. The van der Waals surface area contributed by atoms with Gasteiger partial charge in [-0.1, -0.05) is 6.92 Å². The Morgan fingerprint density at radius 2 is 2.10 bits per heavy atom. The number of nitrogen functional groups attached to an aromatic ring is 1. The molecule has 1 heterocycles. The average Bonchev–Trinajstić information content (AvgIpc) is 2.50. The molecule has 1 amide bonds. The number of piperidine rings is 1. The number of anilines is 1. The van der Waals surface area contributed by atoms with Gasteiger partial charge < -0.3 is 20.7 Å². The molecule has 5 heteroatoms. The second-order valence-electron chi connectivity index (χ2n) is 5.37. The Labute approximate surface area is 126 Å². The molecule has 1 aliphatic rings. The maximum Gasteiger partial charge on any atom is 0.251 e. The van der Waals surface area contributed by atoms with E-state index in [2.05, 4.69) is 17.1 Å². The van der Waals surface area contributed by atoms with Crippen molar-refractivity contribution in [2.75, 3.05) is 32.0 Å². The topological polar surface area (TPSA) is 67.6 Å². The molecule has 0 saturated carbocycles. The first kappa shape index (κ1) is 15.6. The van der Waals surface area contributed by atoms with Gasteiger partial charge in [-0.3, -0.25) is 4.79 Å². The van der Waals surface area contributed by atoms with E-state index in [1.807, 2.05) is 6.92 Å². The minimum absolute atomic E-state index is 0.0558. The molecule has 3 N–H and O–H groups in total. The lowest BCUT2D eigenvalue weighted by atomic mass is 10.0. The van der Waals surface area contributed by atoms with Crippen LogP contribution in [0.4, 0.5) is 5.69 Å². The number of amides is 1. The van der Waals surface area contributed by atoms with Crippen molar-refractivity contribution in [1.29, 1.82) is 0 Å². The summed E-state index contributed by atoms with van der Waals surface area (Å²) in [5, 5.41) is 3.10. The number of nitrogens with zero attached hydrogens (tertiary/aromatic N) is 1. The highest BCUT2D eigenvalue weighted by molar-refractivity contribution is 5.95. The van der Waals surface area contributed by atoms with E-state index in [9.17, 15) is 4.79 Å². The highest BCUT2D eigenvalue weighted by Gasteiger charge is 2.20. The summed E-state index contributed by atoms with van der Waals surface area (Å²) in [5.74, 6) is 0.574. The molecule has 0 spiro atoms. The Balaban J connectivity index is 1.93. The van der Waals surface area contributed by atoms with Gasteiger partial charge in [-0.05, 0) is 44.5 Å². The molecule has 0 unspecified atom stereocenters. The van der Waals surface area contributed by atoms with Crippen molar-refractivity contribution in [3.63, 3.8) is 0 Å². The first-order chi connectivity index (χ1) is 10.1. The third-order valence-electron chi connectivity index (χ3n) is 3.94. The fourth-order valence-electron chi connectivity index (χ4n) is 2.64. The number of hydrogen-bond donors (Lipinski definition) is 2. The maximum atomic E-state index is 12.3. The summed E-state index contributed by atoms with van der Waals surface area (Å²) < 4.78 is 5.38. The molecule has 1 aromatic carbocycles. The summed E-state index contributed by atoms with van der Waals surface area (Å²) in [6.45, 7) is 7.81. The van der Waals surface area contributed by atoms with E-state index in [1.54, 1.807) is 18.2 Å². The fraction of sp³-hybridized carbons (Fsp3) is 0.562. The summed E-state index contributed by atoms with van der Waals surface area (Å²) in [5.41, 5.74) is 7.00. The molecule has 5 nitrogen and oxygen atoms in total. The highest BCUT2D eigenvalue weighted by atomic mass is 16.5. The van der Waals surface area contributed by atoms with Crippen LogP contribution in [-0.4, -0.2) is 43.1 Å². The smallest absolute Gasteiger partial charge is 0.251 e. The zero-order valence-corrected chi connectivity index (χ0v) is 12.9. The van der Waals surface area contributed by atoms with Crippen LogP contribution in [0.1, 0.15) is 37.0 Å². The van der Waals surface area contributed by atoms with Gasteiger partial charge in [0.05, 0.1) is 12.3 Å². The third-order valence-corrected chi connectivity index (χ3v) is 3.94. The standard InChI is InChI=1S/C16H25N3O2/c1-3-19-9-7-13(8-10-19)18-16(20)12-5-6-15(21-4-2)14(17)11-12/h5-6,11,13H,3-4,7-10,17H2,1-2H3,(H,18,20). The Morgan fingerprint density at radius 3 is 2.67 bits per heavy atom. The van der Waals surface area contributed by atoms with E-state index < -0.39 is 0 Å². The van der Waals surface area contributed by atoms with Gasteiger partial charge in [-0.2, -0.15) is 0 Å². The largest absolute Gasteiger partial charge is 0.492 e. The number of carbonyl (C=O) groups excluding carboxylic acids is 1. The van der Waals surface area contributed by atoms with Crippen LogP contribution in [0.5, 0.6) is 5.75 Å². The summed E-state index contributed by atoms with van der Waals surface area (Å²) in [7, 11) is 0. The average molecular weight is 291 g/mol. The molecule has 1 saturated heterocycles. The lowest BCUT2D eigenvalue weighted by molar-refractivity contribution is 0.0912. The van der Waals surface area contributed by atoms with E-state index in [-0.39, 0.29) is 11.9 Å². The molecular formula is C16H25N3O2. The second-order valence-corrected chi connectivity index (χ2v) is 5.37. The number of carbonyl (C=O) groups is 1. The van der Waals surface area contributed by atoms with E-state index in [4.69, 9.17) is 10.5 Å². The van der Waals surface area contributed by atoms with Gasteiger partial charge >= 0.3 is 0 Å². The summed E-state index contributed by atoms with van der Waals surface area (Å²) in [6.07, 6.45) is 2.01. The van der Waals surface area contributed by atoms with Gasteiger partial charge in [0.25, 0.3) is 5.91 Å². The molecule has 0 aromatic heterocycles. The maximum absolute atomic E-state index is 12.3. The SMILES string of the molecule is CCOc1ccc(C(=O)NC2CCN(CC)CC2)cc1N. The number of rotatable bonds is 5. The summed E-state index contributed by atoms with van der Waals surface area (Å²) in [6, 6.07) is 5.46. The Bertz CT molecular complexity index is 482. The molecule has 1 fully saturated rings. The number of benzene rings is 1. The van der Waals surface area contributed by atoms with E-state index in [0.717, 1.165) is 32.5 Å². The molecule has 21 heavy (non-hydrogen) atoms. The molecule has 0 aliphatic carbocycles. The fourth-order valence-corrected chi connectivity index (χ4v) is 2.64. The highest BCUT2D eigenvalue weighted by Crippen LogP contribution is 2.22. The van der Waals surface area contributed by atoms with E-state index >= 15 is 0 Å². The van der Waals surface area contributed by atoms with Crippen LogP contribution in [0, 0.1) is 0 Å². The monoisotopic (exact) mass is 291 g/mol. The molecule has 2 rings (SSSR count). The number of ether oxygens (including phenoxy) is 1. The van der Waals surface area contributed by atoms with Gasteiger partial charge in [-0.15, -0.1) is 0 Å². The van der Waals surface area contributed by atoms with Gasteiger partial charge in [0, 0.05) is 24.7 Å². The molecule has 0 radical (unpaired) electrons. The lowest BCUT2D eigenvalue weighted by Gasteiger charge is -2.31. The van der Waals surface area contributed by atoms with Gasteiger partial charge in [0.15, 0.2) is 0 Å². The number of likely N-dealkylation sites (tertiary alicyclic amines) is 1. The Hall–Kier alpha value is -1.75. The van der Waals surface area contributed by atoms with Crippen LogP contribution in [0.3, 0.4) is 0 Å². The molecule has 1 aromatic rings. The zero-order valence-electron chi connectivity index (χ0n) is 12.9.